The van der Waals surface area contributed by atoms with Gasteiger partial charge in [-0.25, -0.2) is 0 Å². The van der Waals surface area contributed by atoms with Crippen LogP contribution < -0.4 is 10.5 Å². The largest absolute Gasteiger partial charge is 0.494 e. The Morgan fingerprint density at radius 2 is 1.95 bits per heavy atom. The normalized spacial score (nSPS) is 12.1. The molecule has 3 nitrogen and oxygen atoms in total. The third-order valence-corrected chi connectivity index (χ3v) is 3.13. The number of nitrogens with two attached hydrogens (primary N) is 1. The average molecular weight is 256 g/mol. The first kappa shape index (κ1) is 13.6. The smallest absolute Gasteiger partial charge is 0.119 e. The monoisotopic (exact) mass is 256 g/mol. The van der Waals surface area contributed by atoms with Crippen LogP contribution in [-0.2, 0) is 6.42 Å². The molecule has 0 radical (unpaired) electrons. The van der Waals surface area contributed by atoms with Gasteiger partial charge in [-0.2, -0.15) is 0 Å². The van der Waals surface area contributed by atoms with E-state index in [0.29, 0.717) is 19.1 Å². The van der Waals surface area contributed by atoms with Crippen molar-refractivity contribution in [1.82, 2.24) is 4.98 Å². The van der Waals surface area contributed by atoms with Crippen LogP contribution in [0.2, 0.25) is 0 Å². The summed E-state index contributed by atoms with van der Waals surface area (Å²) in [6.07, 6.45) is 2.69. The molecule has 1 atom stereocenters. The van der Waals surface area contributed by atoms with Crippen LogP contribution in [0.3, 0.4) is 0 Å². The van der Waals surface area contributed by atoms with Gasteiger partial charge < -0.3 is 10.5 Å². The maximum absolute atomic E-state index is 5.89. The molecule has 0 amide bonds. The molecular formula is C16H20N2O. The van der Waals surface area contributed by atoms with Gasteiger partial charge in [0.15, 0.2) is 0 Å². The quantitative estimate of drug-likeness (QED) is 0.864. The highest BCUT2D eigenvalue weighted by Crippen LogP contribution is 2.22. The summed E-state index contributed by atoms with van der Waals surface area (Å²) in [5.41, 5.74) is 8.20. The molecule has 0 aliphatic carbocycles. The van der Waals surface area contributed by atoms with Crippen LogP contribution in [0.15, 0.2) is 48.7 Å². The Bertz CT molecular complexity index is 482. The Hall–Kier alpha value is -1.87. The molecule has 100 valence electrons. The van der Waals surface area contributed by atoms with Crippen LogP contribution in [0.4, 0.5) is 0 Å². The summed E-state index contributed by atoms with van der Waals surface area (Å²) in [4.78, 5) is 4.36. The minimum atomic E-state index is 0.297. The van der Waals surface area contributed by atoms with Crippen LogP contribution in [-0.4, -0.2) is 18.1 Å². The average Bonchev–Trinajstić information content (AvgIpc) is 2.47. The van der Waals surface area contributed by atoms with Crippen LogP contribution in [0.25, 0.3) is 0 Å². The Kier molecular flexibility index (Phi) is 4.93. The summed E-state index contributed by atoms with van der Waals surface area (Å²) >= 11 is 0. The number of pyridine rings is 1. The second-order valence-electron chi connectivity index (χ2n) is 4.46. The highest BCUT2D eigenvalue weighted by molar-refractivity contribution is 5.30. The number of nitrogens with zero attached hydrogens (tertiary/aromatic N) is 1. The fourth-order valence-corrected chi connectivity index (χ4v) is 2.11. The van der Waals surface area contributed by atoms with Crippen LogP contribution in [0, 0.1) is 0 Å². The van der Waals surface area contributed by atoms with Gasteiger partial charge in [0, 0.05) is 17.8 Å². The van der Waals surface area contributed by atoms with Crippen LogP contribution in [0.5, 0.6) is 5.75 Å². The van der Waals surface area contributed by atoms with Gasteiger partial charge in [0.05, 0.1) is 6.61 Å². The predicted octanol–water partition coefficient (Wildman–Crippen LogP) is 2.77. The molecule has 2 rings (SSSR count). The molecule has 1 aromatic carbocycles. The van der Waals surface area contributed by atoms with E-state index < -0.39 is 0 Å². The molecule has 0 aliphatic rings. The standard InChI is InChI=1S/C16H20N2O/c1-2-19-16-8-6-13(7-9-16)14(12-17)11-15-5-3-4-10-18-15/h3-10,14H,2,11-12,17H2,1H3. The maximum Gasteiger partial charge on any atom is 0.119 e. The molecular weight excluding hydrogens is 236 g/mol. The van der Waals surface area contributed by atoms with Gasteiger partial charge in [-0.15, -0.1) is 0 Å². The molecule has 2 aromatic rings. The van der Waals surface area contributed by atoms with Gasteiger partial charge in [0.25, 0.3) is 0 Å². The zero-order valence-electron chi connectivity index (χ0n) is 11.3. The van der Waals surface area contributed by atoms with Gasteiger partial charge in [0.2, 0.25) is 0 Å². The summed E-state index contributed by atoms with van der Waals surface area (Å²) in [7, 11) is 0. The van der Waals surface area contributed by atoms with Crippen molar-refractivity contribution in [3.8, 4) is 5.75 Å². The van der Waals surface area contributed by atoms with Crippen LogP contribution >= 0.6 is 0 Å². The van der Waals surface area contributed by atoms with Crippen molar-refractivity contribution in [2.24, 2.45) is 5.73 Å². The first-order chi connectivity index (χ1) is 9.33. The minimum absolute atomic E-state index is 0.297. The molecule has 19 heavy (non-hydrogen) atoms. The lowest BCUT2D eigenvalue weighted by molar-refractivity contribution is 0.340. The van der Waals surface area contributed by atoms with E-state index in [4.69, 9.17) is 10.5 Å². The van der Waals surface area contributed by atoms with Crippen molar-refractivity contribution in [3.63, 3.8) is 0 Å². The van der Waals surface area contributed by atoms with E-state index in [-0.39, 0.29) is 0 Å². The Balaban J connectivity index is 2.08. The number of hydrogen-bond donors (Lipinski definition) is 1. The van der Waals surface area contributed by atoms with Crippen molar-refractivity contribution in [2.45, 2.75) is 19.3 Å². The maximum atomic E-state index is 5.89. The molecule has 2 N–H and O–H groups in total. The summed E-state index contributed by atoms with van der Waals surface area (Å²) in [5, 5.41) is 0. The van der Waals surface area contributed by atoms with Crippen molar-refractivity contribution < 1.29 is 4.74 Å². The fraction of sp³-hybridized carbons (Fsp3) is 0.312. The molecule has 1 aromatic heterocycles. The lowest BCUT2D eigenvalue weighted by Crippen LogP contribution is -2.15. The van der Waals surface area contributed by atoms with Crippen molar-refractivity contribution >= 4 is 0 Å². The van der Waals surface area contributed by atoms with Crippen molar-refractivity contribution in [2.75, 3.05) is 13.2 Å². The fourth-order valence-electron chi connectivity index (χ4n) is 2.11. The molecule has 1 unspecified atom stereocenters. The summed E-state index contributed by atoms with van der Waals surface area (Å²) in [5.74, 6) is 1.20. The zero-order valence-corrected chi connectivity index (χ0v) is 11.3. The highest BCUT2D eigenvalue weighted by Gasteiger charge is 2.11. The van der Waals surface area contributed by atoms with E-state index in [0.717, 1.165) is 17.9 Å². The highest BCUT2D eigenvalue weighted by atomic mass is 16.5. The third-order valence-electron chi connectivity index (χ3n) is 3.13. The first-order valence-corrected chi connectivity index (χ1v) is 6.66. The van der Waals surface area contributed by atoms with Gasteiger partial charge in [-0.1, -0.05) is 18.2 Å². The number of benzene rings is 1. The van der Waals surface area contributed by atoms with Gasteiger partial charge in [0.1, 0.15) is 5.75 Å². The van der Waals surface area contributed by atoms with Crippen molar-refractivity contribution in [1.29, 1.82) is 0 Å². The number of rotatable bonds is 6. The minimum Gasteiger partial charge on any atom is -0.494 e. The van der Waals surface area contributed by atoms with E-state index in [2.05, 4.69) is 17.1 Å². The topological polar surface area (TPSA) is 48.1 Å². The SMILES string of the molecule is CCOc1ccc(C(CN)Cc2ccccn2)cc1. The molecule has 0 aliphatic heterocycles. The molecule has 0 bridgehead atoms. The van der Waals surface area contributed by atoms with E-state index in [1.54, 1.807) is 0 Å². The molecule has 0 saturated carbocycles. The second-order valence-corrected chi connectivity index (χ2v) is 4.46. The van der Waals surface area contributed by atoms with E-state index in [1.807, 2.05) is 43.5 Å². The number of ether oxygens (including phenoxy) is 1. The van der Waals surface area contributed by atoms with E-state index >= 15 is 0 Å². The summed E-state index contributed by atoms with van der Waals surface area (Å²) < 4.78 is 5.45. The third kappa shape index (κ3) is 3.80. The Morgan fingerprint density at radius 1 is 1.16 bits per heavy atom. The summed E-state index contributed by atoms with van der Waals surface area (Å²) in [6, 6.07) is 14.2. The molecule has 3 heteroatoms. The molecule has 0 spiro atoms. The first-order valence-electron chi connectivity index (χ1n) is 6.66. The zero-order chi connectivity index (χ0) is 13.5. The Labute approximate surface area is 114 Å². The summed E-state index contributed by atoms with van der Waals surface area (Å²) in [6.45, 7) is 3.29. The van der Waals surface area contributed by atoms with Crippen molar-refractivity contribution in [3.05, 3.63) is 59.9 Å². The number of hydrogen-bond acceptors (Lipinski definition) is 3. The lowest BCUT2D eigenvalue weighted by Gasteiger charge is -2.15. The molecule has 0 fully saturated rings. The van der Waals surface area contributed by atoms with Gasteiger partial charge in [-0.3, -0.25) is 4.98 Å². The molecule has 0 saturated heterocycles. The van der Waals surface area contributed by atoms with Crippen LogP contribution in [0.1, 0.15) is 24.1 Å². The second kappa shape index (κ2) is 6.90. The lowest BCUT2D eigenvalue weighted by atomic mass is 9.94. The van der Waals surface area contributed by atoms with E-state index in [9.17, 15) is 0 Å². The van der Waals surface area contributed by atoms with E-state index in [1.165, 1.54) is 5.56 Å². The predicted molar refractivity (Wildman–Crippen MR) is 77.3 cm³/mol. The number of aromatic nitrogens is 1. The molecule has 1 heterocycles. The van der Waals surface area contributed by atoms with Gasteiger partial charge >= 0.3 is 0 Å². The Morgan fingerprint density at radius 3 is 2.53 bits per heavy atom. The van der Waals surface area contributed by atoms with Gasteiger partial charge in [-0.05, 0) is 49.7 Å².